The van der Waals surface area contributed by atoms with Gasteiger partial charge in [-0.15, -0.1) is 4.68 Å². The van der Waals surface area contributed by atoms with E-state index in [1.54, 1.807) is 0 Å². The van der Waals surface area contributed by atoms with Crippen LogP contribution in [-0.4, -0.2) is 9.25 Å². The SMILES string of the molecule is Cc1cc2c3ccccc3n(C)c2cc1-c1cc[n+](C)n1C. The minimum Gasteiger partial charge on any atom is -0.344 e. The molecule has 0 saturated carbocycles. The maximum atomic E-state index is 2.32. The van der Waals surface area contributed by atoms with E-state index in [4.69, 9.17) is 0 Å². The molecule has 0 aliphatic rings. The number of hydrogen-bond donors (Lipinski definition) is 0. The standard InChI is InChI=1S/C19H20N3/c1-13-11-16-14-7-5-6-8-17(14)21(3)19(16)12-15(13)18-9-10-20(2)22(18)4/h5-12H,1-4H3/q+1. The summed E-state index contributed by atoms with van der Waals surface area (Å²) in [6.07, 6.45) is 2.10. The predicted octanol–water partition coefficient (Wildman–Crippen LogP) is 3.47. The second kappa shape index (κ2) is 4.47. The molecule has 0 N–H and O–H groups in total. The Hall–Kier alpha value is -2.55. The molecule has 2 aromatic carbocycles. The summed E-state index contributed by atoms with van der Waals surface area (Å²) in [7, 11) is 6.31. The first-order valence-electron chi connectivity index (χ1n) is 7.57. The number of hydrogen-bond acceptors (Lipinski definition) is 0. The summed E-state index contributed by atoms with van der Waals surface area (Å²) in [5, 5.41) is 2.66. The fraction of sp³-hybridized carbons (Fsp3) is 0.211. The van der Waals surface area contributed by atoms with Gasteiger partial charge in [0.2, 0.25) is 0 Å². The number of rotatable bonds is 1. The van der Waals surface area contributed by atoms with Crippen LogP contribution in [0.15, 0.2) is 48.7 Å². The van der Waals surface area contributed by atoms with Gasteiger partial charge in [-0.05, 0) is 30.7 Å². The molecule has 0 fully saturated rings. The Balaban J connectivity index is 2.10. The van der Waals surface area contributed by atoms with Crippen LogP contribution in [0.1, 0.15) is 5.56 Å². The Morgan fingerprint density at radius 2 is 1.68 bits per heavy atom. The highest BCUT2D eigenvalue weighted by molar-refractivity contribution is 6.09. The van der Waals surface area contributed by atoms with E-state index in [9.17, 15) is 0 Å². The lowest BCUT2D eigenvalue weighted by atomic mass is 10.0. The molecule has 0 saturated heterocycles. The van der Waals surface area contributed by atoms with Crippen LogP contribution >= 0.6 is 0 Å². The van der Waals surface area contributed by atoms with Crippen molar-refractivity contribution in [3.63, 3.8) is 0 Å². The number of para-hydroxylation sites is 1. The number of benzene rings is 2. The van der Waals surface area contributed by atoms with Crippen LogP contribution in [0.2, 0.25) is 0 Å². The van der Waals surface area contributed by atoms with Crippen molar-refractivity contribution < 1.29 is 4.68 Å². The van der Waals surface area contributed by atoms with E-state index in [1.807, 2.05) is 0 Å². The molecule has 4 aromatic rings. The lowest BCUT2D eigenvalue weighted by Crippen LogP contribution is -2.36. The van der Waals surface area contributed by atoms with Crippen molar-refractivity contribution in [2.45, 2.75) is 6.92 Å². The minimum absolute atomic E-state index is 1.24. The van der Waals surface area contributed by atoms with Crippen LogP contribution in [0.5, 0.6) is 0 Å². The molecule has 2 heterocycles. The third-order valence-electron chi connectivity index (χ3n) is 4.81. The van der Waals surface area contributed by atoms with Crippen LogP contribution in [0, 0.1) is 6.92 Å². The molecular formula is C19H20N3+. The fourth-order valence-electron chi connectivity index (χ4n) is 3.41. The van der Waals surface area contributed by atoms with Gasteiger partial charge in [0.1, 0.15) is 5.69 Å². The highest BCUT2D eigenvalue weighted by atomic mass is 15.4. The zero-order valence-electron chi connectivity index (χ0n) is 13.5. The molecule has 22 heavy (non-hydrogen) atoms. The summed E-state index contributed by atoms with van der Waals surface area (Å²) in [5.74, 6) is 0. The van der Waals surface area contributed by atoms with Crippen molar-refractivity contribution >= 4 is 21.8 Å². The maximum Gasteiger partial charge on any atom is 0.196 e. The summed E-state index contributed by atoms with van der Waals surface area (Å²) >= 11 is 0. The Morgan fingerprint density at radius 3 is 2.41 bits per heavy atom. The Bertz CT molecular complexity index is 1020. The van der Waals surface area contributed by atoms with Gasteiger partial charge in [0.05, 0.1) is 7.05 Å². The van der Waals surface area contributed by atoms with E-state index in [0.29, 0.717) is 0 Å². The van der Waals surface area contributed by atoms with E-state index >= 15 is 0 Å². The summed E-state index contributed by atoms with van der Waals surface area (Å²) < 4.78 is 6.56. The molecule has 3 heteroatoms. The summed E-state index contributed by atoms with van der Waals surface area (Å²) in [5.41, 5.74) is 6.41. The molecule has 0 amide bonds. The molecule has 0 aliphatic heterocycles. The molecule has 3 nitrogen and oxygen atoms in total. The van der Waals surface area contributed by atoms with Crippen molar-refractivity contribution in [1.82, 2.24) is 9.25 Å². The zero-order valence-corrected chi connectivity index (χ0v) is 13.5. The predicted molar refractivity (Wildman–Crippen MR) is 90.7 cm³/mol. The zero-order chi connectivity index (χ0) is 15.4. The molecular weight excluding hydrogens is 270 g/mol. The second-order valence-corrected chi connectivity index (χ2v) is 6.06. The number of nitrogens with zero attached hydrogens (tertiary/aromatic N) is 3. The molecule has 0 spiro atoms. The molecule has 0 atom stereocenters. The number of fused-ring (bicyclic) bond motifs is 3. The van der Waals surface area contributed by atoms with Gasteiger partial charge >= 0.3 is 0 Å². The van der Waals surface area contributed by atoms with E-state index < -0.39 is 0 Å². The fourth-order valence-corrected chi connectivity index (χ4v) is 3.41. The Labute approximate surface area is 130 Å². The Morgan fingerprint density at radius 1 is 0.909 bits per heavy atom. The third kappa shape index (κ3) is 1.65. The van der Waals surface area contributed by atoms with E-state index in [1.165, 1.54) is 38.6 Å². The monoisotopic (exact) mass is 290 g/mol. The summed E-state index contributed by atoms with van der Waals surface area (Å²) in [6.45, 7) is 2.20. The van der Waals surface area contributed by atoms with E-state index in [-0.39, 0.29) is 0 Å². The maximum absolute atomic E-state index is 2.32. The van der Waals surface area contributed by atoms with Crippen molar-refractivity contribution in [1.29, 1.82) is 0 Å². The first kappa shape index (κ1) is 13.1. The summed E-state index contributed by atoms with van der Waals surface area (Å²) in [4.78, 5) is 0. The molecule has 110 valence electrons. The van der Waals surface area contributed by atoms with Gasteiger partial charge < -0.3 is 4.57 Å². The van der Waals surface area contributed by atoms with Gasteiger partial charge in [-0.1, -0.05) is 18.2 Å². The van der Waals surface area contributed by atoms with Crippen molar-refractivity contribution in [3.05, 3.63) is 54.2 Å². The van der Waals surface area contributed by atoms with Crippen LogP contribution in [-0.2, 0) is 21.1 Å². The molecule has 0 bridgehead atoms. The largest absolute Gasteiger partial charge is 0.344 e. The molecule has 4 rings (SSSR count). The van der Waals surface area contributed by atoms with Gasteiger partial charge in [0, 0.05) is 40.5 Å². The van der Waals surface area contributed by atoms with Crippen LogP contribution < -0.4 is 4.68 Å². The van der Waals surface area contributed by atoms with Gasteiger partial charge in [0.15, 0.2) is 13.2 Å². The van der Waals surface area contributed by atoms with Crippen LogP contribution in [0.3, 0.4) is 0 Å². The van der Waals surface area contributed by atoms with Gasteiger partial charge in [-0.25, -0.2) is 0 Å². The van der Waals surface area contributed by atoms with Gasteiger partial charge in [-0.3, -0.25) is 0 Å². The third-order valence-corrected chi connectivity index (χ3v) is 4.81. The molecule has 0 aliphatic carbocycles. The lowest BCUT2D eigenvalue weighted by molar-refractivity contribution is -0.750. The minimum atomic E-state index is 1.24. The molecule has 0 radical (unpaired) electrons. The van der Waals surface area contributed by atoms with Crippen LogP contribution in [0.25, 0.3) is 33.1 Å². The first-order valence-corrected chi connectivity index (χ1v) is 7.57. The number of aromatic nitrogens is 3. The average molecular weight is 290 g/mol. The first-order chi connectivity index (χ1) is 10.6. The lowest BCUT2D eigenvalue weighted by Gasteiger charge is -2.07. The van der Waals surface area contributed by atoms with Gasteiger partial charge in [0.25, 0.3) is 0 Å². The number of aryl methyl sites for hydroxylation is 3. The van der Waals surface area contributed by atoms with Gasteiger partial charge in [-0.2, -0.15) is 4.68 Å². The second-order valence-electron chi connectivity index (χ2n) is 6.06. The highest BCUT2D eigenvalue weighted by Crippen LogP contribution is 2.33. The molecule has 2 aromatic heterocycles. The summed E-state index contributed by atoms with van der Waals surface area (Å²) in [6, 6.07) is 15.4. The van der Waals surface area contributed by atoms with Crippen LogP contribution in [0.4, 0.5) is 0 Å². The van der Waals surface area contributed by atoms with Crippen molar-refractivity contribution in [3.8, 4) is 11.3 Å². The van der Waals surface area contributed by atoms with Crippen molar-refractivity contribution in [2.24, 2.45) is 21.1 Å². The Kier molecular flexibility index (Phi) is 2.67. The van der Waals surface area contributed by atoms with Crippen molar-refractivity contribution in [2.75, 3.05) is 0 Å². The quantitative estimate of drug-likeness (QED) is 0.477. The normalized spacial score (nSPS) is 11.6. The molecule has 0 unspecified atom stereocenters. The average Bonchev–Trinajstić information content (AvgIpc) is 2.99. The topological polar surface area (TPSA) is 13.7 Å². The highest BCUT2D eigenvalue weighted by Gasteiger charge is 2.15. The smallest absolute Gasteiger partial charge is 0.196 e. The van der Waals surface area contributed by atoms with E-state index in [0.717, 1.165) is 0 Å². The van der Waals surface area contributed by atoms with E-state index in [2.05, 4.69) is 90.7 Å².